The van der Waals surface area contributed by atoms with Crippen molar-refractivity contribution in [2.75, 3.05) is 13.1 Å². The Morgan fingerprint density at radius 2 is 2.13 bits per heavy atom. The number of hydrogen-bond acceptors (Lipinski definition) is 4. The highest BCUT2D eigenvalue weighted by atomic mass is 16.2. The van der Waals surface area contributed by atoms with Crippen LogP contribution in [0.4, 0.5) is 0 Å². The van der Waals surface area contributed by atoms with Crippen LogP contribution in [0.2, 0.25) is 0 Å². The van der Waals surface area contributed by atoms with Gasteiger partial charge in [-0.2, -0.15) is 0 Å². The Kier molecular flexibility index (Phi) is 4.98. The molecule has 1 amide bonds. The molecular weight excluding hydrogens is 288 g/mol. The van der Waals surface area contributed by atoms with Crippen LogP contribution in [-0.2, 0) is 24.2 Å². The molecule has 2 heterocycles. The Balaban J connectivity index is 1.60. The molecule has 0 spiro atoms. The molecule has 1 aromatic heterocycles. The van der Waals surface area contributed by atoms with Crippen LogP contribution in [0.3, 0.4) is 0 Å². The van der Waals surface area contributed by atoms with E-state index in [1.807, 2.05) is 6.07 Å². The molecule has 5 nitrogen and oxygen atoms in total. The molecule has 23 heavy (non-hydrogen) atoms. The molecule has 0 bridgehead atoms. The van der Waals surface area contributed by atoms with Gasteiger partial charge < -0.3 is 5.32 Å². The molecule has 2 aromatic rings. The van der Waals surface area contributed by atoms with E-state index >= 15 is 0 Å². The number of carbonyl (C=O) groups excluding carboxylic acids is 1. The molecule has 1 aromatic carbocycles. The smallest absolute Gasteiger partial charge is 0.237 e. The predicted octanol–water partition coefficient (Wildman–Crippen LogP) is 1.58. The third-order valence-corrected chi connectivity index (χ3v) is 4.35. The van der Waals surface area contributed by atoms with Gasteiger partial charge in [-0.3, -0.25) is 19.7 Å². The maximum absolute atomic E-state index is 12.6. The number of rotatable bonds is 5. The van der Waals surface area contributed by atoms with E-state index in [4.69, 9.17) is 0 Å². The highest BCUT2D eigenvalue weighted by Gasteiger charge is 2.29. The lowest BCUT2D eigenvalue weighted by atomic mass is 9.93. The lowest BCUT2D eigenvalue weighted by Crippen LogP contribution is -2.50. The summed E-state index contributed by atoms with van der Waals surface area (Å²) in [7, 11) is 0. The van der Waals surface area contributed by atoms with E-state index in [9.17, 15) is 4.79 Å². The van der Waals surface area contributed by atoms with E-state index in [1.165, 1.54) is 11.1 Å². The van der Waals surface area contributed by atoms with Crippen LogP contribution in [0.25, 0.3) is 0 Å². The molecule has 0 aliphatic carbocycles. The Bertz CT molecular complexity index is 659. The van der Waals surface area contributed by atoms with Crippen molar-refractivity contribution in [2.45, 2.75) is 32.4 Å². The summed E-state index contributed by atoms with van der Waals surface area (Å²) in [5, 5.41) is 3.05. The van der Waals surface area contributed by atoms with E-state index in [1.54, 1.807) is 18.6 Å². The van der Waals surface area contributed by atoms with Gasteiger partial charge in [-0.05, 0) is 24.1 Å². The molecule has 0 unspecified atom stereocenters. The van der Waals surface area contributed by atoms with Crippen molar-refractivity contribution in [1.82, 2.24) is 20.2 Å². The van der Waals surface area contributed by atoms with Gasteiger partial charge >= 0.3 is 0 Å². The minimum Gasteiger partial charge on any atom is -0.354 e. The first-order valence-electron chi connectivity index (χ1n) is 8.11. The molecule has 120 valence electrons. The number of hydrogen-bond donors (Lipinski definition) is 1. The third kappa shape index (κ3) is 3.74. The third-order valence-electron chi connectivity index (χ3n) is 4.35. The predicted molar refractivity (Wildman–Crippen MR) is 88.8 cm³/mol. The highest BCUT2D eigenvalue weighted by Crippen LogP contribution is 2.23. The van der Waals surface area contributed by atoms with E-state index in [0.717, 1.165) is 25.2 Å². The van der Waals surface area contributed by atoms with Crippen molar-refractivity contribution >= 4 is 5.91 Å². The lowest BCUT2D eigenvalue weighted by molar-refractivity contribution is -0.126. The van der Waals surface area contributed by atoms with Crippen LogP contribution < -0.4 is 5.32 Å². The number of fused-ring (bicyclic) bond motifs is 1. The summed E-state index contributed by atoms with van der Waals surface area (Å²) in [4.78, 5) is 23.1. The summed E-state index contributed by atoms with van der Waals surface area (Å²) in [5.41, 5.74) is 3.51. The lowest BCUT2D eigenvalue weighted by Gasteiger charge is -2.35. The average Bonchev–Trinajstić information content (AvgIpc) is 2.61. The zero-order chi connectivity index (χ0) is 16.1. The topological polar surface area (TPSA) is 58.1 Å². The molecule has 0 fully saturated rings. The quantitative estimate of drug-likeness (QED) is 0.911. The first-order chi connectivity index (χ1) is 11.3. The number of nitrogens with one attached hydrogen (secondary N) is 1. The van der Waals surface area contributed by atoms with Crippen molar-refractivity contribution in [1.29, 1.82) is 0 Å². The summed E-state index contributed by atoms with van der Waals surface area (Å²) in [5.74, 6) is 0.102. The fourth-order valence-electron chi connectivity index (χ4n) is 3.06. The van der Waals surface area contributed by atoms with Crippen molar-refractivity contribution < 1.29 is 4.79 Å². The molecule has 1 N–H and O–H groups in total. The summed E-state index contributed by atoms with van der Waals surface area (Å²) in [6.45, 7) is 4.41. The van der Waals surface area contributed by atoms with Gasteiger partial charge in [0.2, 0.25) is 5.91 Å². The number of carbonyl (C=O) groups is 1. The monoisotopic (exact) mass is 310 g/mol. The summed E-state index contributed by atoms with van der Waals surface area (Å²) >= 11 is 0. The maximum Gasteiger partial charge on any atom is 0.237 e. The fraction of sp³-hybridized carbons (Fsp3) is 0.389. The number of nitrogens with zero attached hydrogens (tertiary/aromatic N) is 3. The number of aromatic nitrogens is 2. The van der Waals surface area contributed by atoms with Crippen LogP contribution in [0.15, 0.2) is 42.9 Å². The number of amides is 1. The van der Waals surface area contributed by atoms with Gasteiger partial charge in [0.1, 0.15) is 0 Å². The largest absolute Gasteiger partial charge is 0.354 e. The second kappa shape index (κ2) is 7.33. The number of benzene rings is 1. The molecule has 3 rings (SSSR count). The van der Waals surface area contributed by atoms with E-state index in [-0.39, 0.29) is 11.9 Å². The van der Waals surface area contributed by atoms with Gasteiger partial charge in [0.25, 0.3) is 0 Å². The summed E-state index contributed by atoms with van der Waals surface area (Å²) in [6, 6.07) is 8.30. The van der Waals surface area contributed by atoms with Crippen LogP contribution >= 0.6 is 0 Å². The van der Waals surface area contributed by atoms with E-state index < -0.39 is 0 Å². The average molecular weight is 310 g/mol. The standard InChI is InChI=1S/C18H22N4O/c1-2-22-13-15-6-4-3-5-14(15)11-17(22)18(23)21-8-7-16-12-19-9-10-20-16/h3-6,9-10,12,17H,2,7-8,11,13H2,1H3,(H,21,23)/t17-/m1/s1. The van der Waals surface area contributed by atoms with Gasteiger partial charge in [0.15, 0.2) is 0 Å². The SMILES string of the molecule is CCN1Cc2ccccc2C[C@@H]1C(=O)NCCc1cnccn1. The van der Waals surface area contributed by atoms with Crippen LogP contribution in [0.5, 0.6) is 0 Å². The highest BCUT2D eigenvalue weighted by molar-refractivity contribution is 5.82. The van der Waals surface area contributed by atoms with Crippen molar-refractivity contribution in [3.8, 4) is 0 Å². The van der Waals surface area contributed by atoms with Crippen molar-refractivity contribution in [2.24, 2.45) is 0 Å². The van der Waals surface area contributed by atoms with Gasteiger partial charge in [-0.15, -0.1) is 0 Å². The van der Waals surface area contributed by atoms with Gasteiger partial charge in [0.05, 0.1) is 11.7 Å². The minimum absolute atomic E-state index is 0.0863. The second-order valence-corrected chi connectivity index (χ2v) is 5.79. The Hall–Kier alpha value is -2.27. The summed E-state index contributed by atoms with van der Waals surface area (Å²) in [6.07, 6.45) is 6.55. The molecule has 1 atom stereocenters. The Morgan fingerprint density at radius 3 is 2.87 bits per heavy atom. The molecular formula is C18H22N4O. The first kappa shape index (κ1) is 15.6. The van der Waals surface area contributed by atoms with Gasteiger partial charge in [-0.1, -0.05) is 31.2 Å². The normalized spacial score (nSPS) is 17.5. The van der Waals surface area contributed by atoms with Crippen molar-refractivity contribution in [3.05, 3.63) is 59.7 Å². The van der Waals surface area contributed by atoms with Crippen LogP contribution in [0, 0.1) is 0 Å². The van der Waals surface area contributed by atoms with Gasteiger partial charge in [-0.25, -0.2) is 0 Å². The fourth-order valence-corrected chi connectivity index (χ4v) is 3.06. The zero-order valence-electron chi connectivity index (χ0n) is 13.4. The van der Waals surface area contributed by atoms with Gasteiger partial charge in [0, 0.05) is 38.1 Å². The van der Waals surface area contributed by atoms with E-state index in [2.05, 4.69) is 45.3 Å². The Morgan fingerprint density at radius 1 is 1.30 bits per heavy atom. The van der Waals surface area contributed by atoms with Crippen LogP contribution in [-0.4, -0.2) is 39.9 Å². The molecule has 0 saturated carbocycles. The molecule has 1 aliphatic heterocycles. The molecule has 5 heteroatoms. The number of likely N-dealkylation sites (N-methyl/N-ethyl adjacent to an activating group) is 1. The maximum atomic E-state index is 12.6. The Labute approximate surface area is 136 Å². The minimum atomic E-state index is -0.0863. The van der Waals surface area contributed by atoms with E-state index in [0.29, 0.717) is 13.0 Å². The molecule has 1 aliphatic rings. The van der Waals surface area contributed by atoms with Crippen molar-refractivity contribution in [3.63, 3.8) is 0 Å². The first-order valence-corrected chi connectivity index (χ1v) is 8.11. The zero-order valence-corrected chi connectivity index (χ0v) is 13.4. The second-order valence-electron chi connectivity index (χ2n) is 5.79. The summed E-state index contributed by atoms with van der Waals surface area (Å²) < 4.78 is 0. The van der Waals surface area contributed by atoms with Crippen LogP contribution in [0.1, 0.15) is 23.7 Å². The molecule has 0 saturated heterocycles. The molecule has 0 radical (unpaired) electrons.